The molecule has 2 amide bonds. The Balaban J connectivity index is 1.07. The average Bonchev–Trinajstić information content (AvgIpc) is 3.94. The van der Waals surface area contributed by atoms with Crippen molar-refractivity contribution < 1.29 is 23.1 Å². The summed E-state index contributed by atoms with van der Waals surface area (Å²) in [6, 6.07) is 15.8. The number of amidine groups is 1. The Bertz CT molecular complexity index is 1980. The van der Waals surface area contributed by atoms with Crippen LogP contribution in [0, 0.1) is 5.92 Å². The van der Waals surface area contributed by atoms with E-state index in [1.54, 1.807) is 23.1 Å². The van der Waals surface area contributed by atoms with Gasteiger partial charge in [0.1, 0.15) is 17.7 Å². The molecule has 12 heteroatoms. The van der Waals surface area contributed by atoms with Gasteiger partial charge in [-0.1, -0.05) is 51.1 Å². The van der Waals surface area contributed by atoms with E-state index in [1.807, 2.05) is 57.2 Å². The highest BCUT2D eigenvalue weighted by molar-refractivity contribution is 5.90. The van der Waals surface area contributed by atoms with Crippen LogP contribution in [-0.2, 0) is 21.9 Å². The number of aromatic amines is 1. The number of alkyl halides is 2. The number of carbonyl (C=O) groups excluding carboxylic acids is 2. The van der Waals surface area contributed by atoms with Crippen molar-refractivity contribution in [2.45, 2.75) is 70.5 Å². The molecular formula is C39H45F2N7O3. The van der Waals surface area contributed by atoms with E-state index in [1.165, 1.54) is 7.11 Å². The van der Waals surface area contributed by atoms with Crippen molar-refractivity contribution in [3.8, 4) is 22.3 Å². The number of aromatic nitrogens is 2. The van der Waals surface area contributed by atoms with Gasteiger partial charge in [-0.25, -0.2) is 9.78 Å². The van der Waals surface area contributed by atoms with Gasteiger partial charge in [0, 0.05) is 30.6 Å². The van der Waals surface area contributed by atoms with Crippen molar-refractivity contribution in [3.63, 3.8) is 0 Å². The molecule has 0 saturated carbocycles. The van der Waals surface area contributed by atoms with Crippen molar-refractivity contribution >= 4 is 28.9 Å². The number of aliphatic imine (C=N–C) groups is 1. The number of ether oxygens (including phenoxy) is 1. The maximum atomic E-state index is 16.2. The average molecular weight is 698 g/mol. The predicted molar refractivity (Wildman–Crippen MR) is 194 cm³/mol. The normalized spacial score (nSPS) is 19.4. The predicted octanol–water partition coefficient (Wildman–Crippen LogP) is 6.31. The van der Waals surface area contributed by atoms with Crippen LogP contribution < -0.4 is 16.0 Å². The first kappa shape index (κ1) is 34.6. The van der Waals surface area contributed by atoms with E-state index in [-0.39, 0.29) is 35.0 Å². The number of alkyl carbamates (subject to hydrolysis) is 1. The summed E-state index contributed by atoms with van der Waals surface area (Å²) >= 11 is 0. The van der Waals surface area contributed by atoms with Gasteiger partial charge in [0.25, 0.3) is 5.92 Å². The van der Waals surface area contributed by atoms with E-state index in [0.717, 1.165) is 53.8 Å². The molecule has 3 aliphatic rings. The molecule has 1 unspecified atom stereocenters. The molecule has 3 atom stereocenters. The molecule has 0 bridgehead atoms. The van der Waals surface area contributed by atoms with E-state index < -0.39 is 18.1 Å². The Kier molecular flexibility index (Phi) is 9.54. The van der Waals surface area contributed by atoms with E-state index >= 15 is 8.78 Å². The minimum absolute atomic E-state index is 0.00564. The minimum Gasteiger partial charge on any atom is -0.453 e. The topological polar surface area (TPSA) is 124 Å². The number of methoxy groups -OCH3 is 1. The Morgan fingerprint density at radius 1 is 1.02 bits per heavy atom. The number of fused-ring (bicyclic) bond motifs is 4. The fourth-order valence-electron chi connectivity index (χ4n) is 7.51. The second-order valence-corrected chi connectivity index (χ2v) is 14.1. The molecule has 10 nitrogen and oxygen atoms in total. The second kappa shape index (κ2) is 14.1. The van der Waals surface area contributed by atoms with Gasteiger partial charge < -0.3 is 30.6 Å². The zero-order valence-corrected chi connectivity index (χ0v) is 29.5. The van der Waals surface area contributed by atoms with Crippen LogP contribution in [-0.4, -0.2) is 78.1 Å². The molecule has 1 fully saturated rings. The highest BCUT2D eigenvalue weighted by atomic mass is 19.3. The molecule has 0 radical (unpaired) electrons. The molecule has 3 aromatic carbocycles. The molecule has 51 heavy (non-hydrogen) atoms. The molecule has 1 saturated heterocycles. The summed E-state index contributed by atoms with van der Waals surface area (Å²) < 4.78 is 37.1. The Hall–Kier alpha value is -4.84. The van der Waals surface area contributed by atoms with Crippen molar-refractivity contribution in [1.82, 2.24) is 30.8 Å². The lowest BCUT2D eigenvalue weighted by atomic mass is 9.98. The van der Waals surface area contributed by atoms with Crippen LogP contribution >= 0.6 is 0 Å². The maximum Gasteiger partial charge on any atom is 0.407 e. The number of hydrogen-bond donors (Lipinski definition) is 4. The summed E-state index contributed by atoms with van der Waals surface area (Å²) in [6.07, 6.45) is 2.74. The SMILES string of the molecule is CCCN(CCc1nc2ccc(-c3ccc4c(c3)C(F)(F)c3cc(C5CN=C([C@@H]6CCCN6)N5)ccc3-4)cc2[nH]1)C(=O)[C@@H](NC(=O)OC)C(C)C. The minimum atomic E-state index is -3.14. The third-order valence-electron chi connectivity index (χ3n) is 10.3. The van der Waals surface area contributed by atoms with E-state index in [4.69, 9.17) is 9.72 Å². The number of hydrogen-bond acceptors (Lipinski definition) is 7. The zero-order valence-electron chi connectivity index (χ0n) is 29.5. The van der Waals surface area contributed by atoms with Crippen LogP contribution in [0.1, 0.15) is 68.6 Å². The lowest BCUT2D eigenvalue weighted by Crippen LogP contribution is -2.51. The third-order valence-corrected chi connectivity index (χ3v) is 10.3. The van der Waals surface area contributed by atoms with Crippen molar-refractivity contribution in [3.05, 3.63) is 77.1 Å². The van der Waals surface area contributed by atoms with Gasteiger partial charge in [-0.2, -0.15) is 8.78 Å². The Morgan fingerprint density at radius 3 is 2.49 bits per heavy atom. The third kappa shape index (κ3) is 6.69. The number of benzene rings is 3. The fraction of sp³-hybridized carbons (Fsp3) is 0.436. The molecule has 7 rings (SSSR count). The summed E-state index contributed by atoms with van der Waals surface area (Å²) in [4.78, 5) is 39.8. The van der Waals surface area contributed by atoms with Crippen LogP contribution in [0.15, 0.2) is 59.6 Å². The highest BCUT2D eigenvalue weighted by Crippen LogP contribution is 2.52. The van der Waals surface area contributed by atoms with E-state index in [0.29, 0.717) is 48.6 Å². The quantitative estimate of drug-likeness (QED) is 0.146. The summed E-state index contributed by atoms with van der Waals surface area (Å²) in [5.74, 6) is -1.79. The number of rotatable bonds is 11. The smallest absolute Gasteiger partial charge is 0.407 e. The van der Waals surface area contributed by atoms with Gasteiger partial charge in [0.2, 0.25) is 5.91 Å². The van der Waals surface area contributed by atoms with E-state index in [9.17, 15) is 9.59 Å². The number of H-pyrrole nitrogens is 1. The van der Waals surface area contributed by atoms with Crippen molar-refractivity contribution in [2.24, 2.45) is 10.9 Å². The second-order valence-electron chi connectivity index (χ2n) is 14.1. The first-order chi connectivity index (χ1) is 24.6. The number of nitrogens with zero attached hydrogens (tertiary/aromatic N) is 3. The molecule has 1 aromatic heterocycles. The molecule has 2 aliphatic heterocycles. The summed E-state index contributed by atoms with van der Waals surface area (Å²) in [6.45, 7) is 8.21. The monoisotopic (exact) mass is 697 g/mol. The van der Waals surface area contributed by atoms with Gasteiger partial charge in [-0.05, 0) is 83.8 Å². The molecular weight excluding hydrogens is 652 g/mol. The van der Waals surface area contributed by atoms with Gasteiger partial charge in [0.05, 0.1) is 36.8 Å². The number of carbonyl (C=O) groups is 2. The fourth-order valence-corrected chi connectivity index (χ4v) is 7.51. The van der Waals surface area contributed by atoms with Gasteiger partial charge in [-0.3, -0.25) is 9.79 Å². The summed E-state index contributed by atoms with van der Waals surface area (Å²) in [5.41, 5.74) is 4.98. The van der Waals surface area contributed by atoms with E-state index in [2.05, 4.69) is 25.9 Å². The summed E-state index contributed by atoms with van der Waals surface area (Å²) in [5, 5.41) is 9.59. The molecule has 4 N–H and O–H groups in total. The molecule has 1 aliphatic carbocycles. The zero-order chi connectivity index (χ0) is 35.9. The van der Waals surface area contributed by atoms with Gasteiger partial charge in [-0.15, -0.1) is 0 Å². The highest BCUT2D eigenvalue weighted by Gasteiger charge is 2.45. The molecule has 3 heterocycles. The van der Waals surface area contributed by atoms with Crippen LogP contribution in [0.2, 0.25) is 0 Å². The molecule has 268 valence electrons. The van der Waals surface area contributed by atoms with Crippen LogP contribution in [0.5, 0.6) is 0 Å². The number of amides is 2. The number of imidazole rings is 1. The van der Waals surface area contributed by atoms with Crippen molar-refractivity contribution in [1.29, 1.82) is 0 Å². The van der Waals surface area contributed by atoms with Gasteiger partial charge in [0.15, 0.2) is 0 Å². The first-order valence-electron chi connectivity index (χ1n) is 17.9. The first-order valence-corrected chi connectivity index (χ1v) is 17.9. The molecule has 4 aromatic rings. The van der Waals surface area contributed by atoms with Crippen LogP contribution in [0.4, 0.5) is 13.6 Å². The number of nitrogens with one attached hydrogen (secondary N) is 4. The van der Waals surface area contributed by atoms with Crippen LogP contribution in [0.25, 0.3) is 33.3 Å². The standard InChI is InChI=1S/C39H45F2N7O3/c1-5-16-48(37(49)35(22(2)3)47-38(50)51-4)17-14-34-44-30-13-10-24(20-32(30)45-34)23-8-11-26-27-12-9-25(19-29(27)39(40,41)28(26)18-23)33-21-43-36(46-33)31-7-6-15-42-31/h8-13,18-20,22,31,33,35,42H,5-7,14-17,21H2,1-4H3,(H,43,46)(H,44,45)(H,47,50)/t31-,33?,35-/m0/s1. The lowest BCUT2D eigenvalue weighted by molar-refractivity contribution is -0.134. The summed E-state index contributed by atoms with van der Waals surface area (Å²) in [7, 11) is 1.27. The van der Waals surface area contributed by atoms with Crippen molar-refractivity contribution in [2.75, 3.05) is 33.3 Å². The largest absolute Gasteiger partial charge is 0.453 e. The lowest BCUT2D eigenvalue weighted by Gasteiger charge is -2.29. The maximum absolute atomic E-state index is 16.2. The van der Waals surface area contributed by atoms with Gasteiger partial charge >= 0.3 is 6.09 Å². The number of halogens is 2. The Labute approximate surface area is 296 Å². The molecule has 0 spiro atoms. The Morgan fingerprint density at radius 2 is 1.76 bits per heavy atom. The van der Waals surface area contributed by atoms with Crippen LogP contribution in [0.3, 0.4) is 0 Å².